The van der Waals surface area contributed by atoms with Gasteiger partial charge in [0, 0.05) is 23.7 Å². The molecule has 1 amide bonds. The number of hydrogen-bond donors (Lipinski definition) is 2. The fourth-order valence-corrected chi connectivity index (χ4v) is 4.39. The lowest BCUT2D eigenvalue weighted by Crippen LogP contribution is -2.26. The number of hydrogen-bond acceptors (Lipinski definition) is 5. The Kier molecular flexibility index (Phi) is 8.02. The van der Waals surface area contributed by atoms with Crippen LogP contribution in [-0.2, 0) is 12.0 Å². The molecule has 39 heavy (non-hydrogen) atoms. The average molecular weight is 524 g/mol. The van der Waals surface area contributed by atoms with Crippen LogP contribution in [0.2, 0.25) is 0 Å². The normalized spacial score (nSPS) is 12.4. The van der Waals surface area contributed by atoms with Gasteiger partial charge in [-0.15, -0.1) is 0 Å². The Balaban J connectivity index is 1.50. The molecule has 0 saturated carbocycles. The number of nitrogen functional groups attached to an aromatic ring is 1. The first-order valence-corrected chi connectivity index (χ1v) is 13.1. The summed E-state index contributed by atoms with van der Waals surface area (Å²) in [6, 6.07) is 24.1. The Hall–Kier alpha value is -4.23. The molecule has 1 heterocycles. The second kappa shape index (κ2) is 11.3. The van der Waals surface area contributed by atoms with Gasteiger partial charge >= 0.3 is 0 Å². The molecule has 3 aromatic carbocycles. The zero-order valence-corrected chi connectivity index (χ0v) is 23.5. The average Bonchev–Trinajstić information content (AvgIpc) is 2.89. The van der Waals surface area contributed by atoms with E-state index in [4.69, 9.17) is 5.73 Å². The lowest BCUT2D eigenvalue weighted by atomic mass is 9.86. The maximum atomic E-state index is 12.9. The minimum absolute atomic E-state index is 0.0317. The summed E-state index contributed by atoms with van der Waals surface area (Å²) >= 11 is 0. The van der Waals surface area contributed by atoms with Crippen molar-refractivity contribution in [2.75, 3.05) is 25.1 Å². The van der Waals surface area contributed by atoms with Crippen LogP contribution in [0.15, 0.2) is 83.7 Å². The number of anilines is 2. The molecular weight excluding hydrogens is 486 g/mol. The van der Waals surface area contributed by atoms with Crippen LogP contribution in [-0.4, -0.2) is 34.7 Å². The Morgan fingerprint density at radius 1 is 0.974 bits per heavy atom. The van der Waals surface area contributed by atoms with E-state index in [1.54, 1.807) is 24.3 Å². The molecule has 3 N–H and O–H groups in total. The van der Waals surface area contributed by atoms with Gasteiger partial charge in [-0.2, -0.15) is 5.10 Å². The molecule has 0 spiro atoms. The third kappa shape index (κ3) is 6.62. The van der Waals surface area contributed by atoms with E-state index in [-0.39, 0.29) is 22.9 Å². The number of carbonyl (C=O) groups excluding carboxylic acids is 1. The number of amides is 1. The number of nitrogens with two attached hydrogens (primary N) is 1. The summed E-state index contributed by atoms with van der Waals surface area (Å²) < 4.78 is 1.48. The largest absolute Gasteiger partial charge is 0.397 e. The molecule has 4 rings (SSSR count). The van der Waals surface area contributed by atoms with Gasteiger partial charge in [-0.25, -0.2) is 4.68 Å². The van der Waals surface area contributed by atoms with Gasteiger partial charge in [0.2, 0.25) is 0 Å². The van der Waals surface area contributed by atoms with Crippen LogP contribution in [0.1, 0.15) is 60.8 Å². The highest BCUT2D eigenvalue weighted by atomic mass is 16.1. The van der Waals surface area contributed by atoms with Crippen molar-refractivity contribution in [1.29, 1.82) is 0 Å². The number of rotatable bonds is 7. The van der Waals surface area contributed by atoms with E-state index in [9.17, 15) is 9.59 Å². The maximum absolute atomic E-state index is 12.9. The Morgan fingerprint density at radius 3 is 2.23 bits per heavy atom. The van der Waals surface area contributed by atoms with Gasteiger partial charge < -0.3 is 16.0 Å². The topological polar surface area (TPSA) is 93.2 Å². The van der Waals surface area contributed by atoms with Gasteiger partial charge in [-0.05, 0) is 73.5 Å². The number of nitrogens with zero attached hydrogens (tertiary/aromatic N) is 3. The van der Waals surface area contributed by atoms with Crippen LogP contribution < -0.4 is 16.6 Å². The SMILES string of the molecule is C[C@@H](c1ccc(C(=O)Nc2ccc(C(C)(C)C)cc2N)cc1)n1nc(-c2ccc(CN(C)C)cc2)ccc1=O. The Morgan fingerprint density at radius 2 is 1.64 bits per heavy atom. The van der Waals surface area contributed by atoms with Crippen LogP contribution in [0.25, 0.3) is 11.3 Å². The fraction of sp³-hybridized carbons (Fsp3) is 0.281. The molecule has 0 aliphatic carbocycles. The molecular formula is C32H37N5O2. The summed E-state index contributed by atoms with van der Waals surface area (Å²) in [5.41, 5.74) is 12.4. The lowest BCUT2D eigenvalue weighted by Gasteiger charge is -2.20. The van der Waals surface area contributed by atoms with E-state index in [1.165, 1.54) is 10.2 Å². The van der Waals surface area contributed by atoms with Gasteiger partial charge in [-0.3, -0.25) is 9.59 Å². The van der Waals surface area contributed by atoms with Crippen molar-refractivity contribution in [3.8, 4) is 11.3 Å². The zero-order valence-electron chi connectivity index (χ0n) is 23.5. The smallest absolute Gasteiger partial charge is 0.267 e. The molecule has 0 aliphatic rings. The summed E-state index contributed by atoms with van der Waals surface area (Å²) in [5, 5.41) is 7.56. The molecule has 1 aromatic heterocycles. The molecule has 202 valence electrons. The molecule has 0 aliphatic heterocycles. The predicted molar refractivity (Wildman–Crippen MR) is 159 cm³/mol. The summed E-state index contributed by atoms with van der Waals surface area (Å²) in [7, 11) is 4.07. The quantitative estimate of drug-likeness (QED) is 0.303. The molecule has 0 bridgehead atoms. The van der Waals surface area contributed by atoms with Gasteiger partial charge in [0.05, 0.1) is 23.1 Å². The highest BCUT2D eigenvalue weighted by molar-refractivity contribution is 6.05. The van der Waals surface area contributed by atoms with Crippen LogP contribution in [0.3, 0.4) is 0 Å². The minimum atomic E-state index is -0.317. The first kappa shape index (κ1) is 27.8. The lowest BCUT2D eigenvalue weighted by molar-refractivity contribution is 0.102. The second-order valence-corrected chi connectivity index (χ2v) is 11.2. The standard InChI is InChI=1S/C32H37N5O2/c1-21(37-30(38)18-17-28(35-37)24-9-7-22(8-10-24)20-36(5)6)23-11-13-25(14-12-23)31(39)34-29-16-15-26(19-27(29)33)32(2,3)4/h7-19,21H,20,33H2,1-6H3,(H,34,39)/t21-/m0/s1. The molecule has 0 fully saturated rings. The van der Waals surface area contributed by atoms with Gasteiger partial charge in [0.25, 0.3) is 11.5 Å². The number of benzene rings is 3. The summed E-state index contributed by atoms with van der Waals surface area (Å²) in [5.74, 6) is -0.251. The number of aromatic nitrogens is 2. The maximum Gasteiger partial charge on any atom is 0.267 e. The summed E-state index contributed by atoms with van der Waals surface area (Å²) in [6.07, 6.45) is 0. The number of carbonyl (C=O) groups is 1. The van der Waals surface area contributed by atoms with Crippen molar-refractivity contribution in [3.05, 3.63) is 111 Å². The van der Waals surface area contributed by atoms with Gasteiger partial charge in [0.15, 0.2) is 0 Å². The fourth-order valence-electron chi connectivity index (χ4n) is 4.39. The summed E-state index contributed by atoms with van der Waals surface area (Å²) in [6.45, 7) is 9.13. The van der Waals surface area contributed by atoms with Crippen molar-refractivity contribution in [2.24, 2.45) is 0 Å². The van der Waals surface area contributed by atoms with E-state index in [2.05, 4.69) is 48.2 Å². The van der Waals surface area contributed by atoms with Crippen molar-refractivity contribution in [1.82, 2.24) is 14.7 Å². The molecule has 7 heteroatoms. The molecule has 1 atom stereocenters. The van der Waals surface area contributed by atoms with Crippen LogP contribution in [0.5, 0.6) is 0 Å². The second-order valence-electron chi connectivity index (χ2n) is 11.2. The third-order valence-corrected chi connectivity index (χ3v) is 6.76. The molecule has 0 radical (unpaired) electrons. The molecule has 7 nitrogen and oxygen atoms in total. The first-order valence-electron chi connectivity index (χ1n) is 13.1. The van der Waals surface area contributed by atoms with Gasteiger partial charge in [0.1, 0.15) is 0 Å². The van der Waals surface area contributed by atoms with Crippen molar-refractivity contribution in [2.45, 2.75) is 45.7 Å². The van der Waals surface area contributed by atoms with Crippen molar-refractivity contribution in [3.63, 3.8) is 0 Å². The van der Waals surface area contributed by atoms with Crippen LogP contribution in [0.4, 0.5) is 11.4 Å². The minimum Gasteiger partial charge on any atom is -0.397 e. The predicted octanol–water partition coefficient (Wildman–Crippen LogP) is 5.71. The van der Waals surface area contributed by atoms with Crippen LogP contribution in [0, 0.1) is 0 Å². The third-order valence-electron chi connectivity index (χ3n) is 6.76. The van der Waals surface area contributed by atoms with E-state index in [1.807, 2.05) is 63.5 Å². The van der Waals surface area contributed by atoms with E-state index < -0.39 is 0 Å². The van der Waals surface area contributed by atoms with Crippen molar-refractivity contribution >= 4 is 17.3 Å². The van der Waals surface area contributed by atoms with Gasteiger partial charge in [-0.1, -0.05) is 63.2 Å². The van der Waals surface area contributed by atoms with Crippen molar-refractivity contribution < 1.29 is 4.79 Å². The highest BCUT2D eigenvalue weighted by Gasteiger charge is 2.17. The van der Waals surface area contributed by atoms with Crippen LogP contribution >= 0.6 is 0 Å². The first-order chi connectivity index (χ1) is 18.4. The Labute approximate surface area is 230 Å². The Bertz CT molecular complexity index is 1510. The molecule has 0 saturated heterocycles. The highest BCUT2D eigenvalue weighted by Crippen LogP contribution is 2.28. The zero-order chi connectivity index (χ0) is 28.3. The van der Waals surface area contributed by atoms with E-state index in [0.717, 1.165) is 28.9 Å². The monoisotopic (exact) mass is 523 g/mol. The van der Waals surface area contributed by atoms with E-state index in [0.29, 0.717) is 16.9 Å². The molecule has 4 aromatic rings. The molecule has 0 unspecified atom stereocenters. The summed E-state index contributed by atoms with van der Waals surface area (Å²) in [4.78, 5) is 27.7. The van der Waals surface area contributed by atoms with E-state index >= 15 is 0 Å². The number of nitrogens with one attached hydrogen (secondary N) is 1.